The molecule has 0 spiro atoms. The molecule has 104 valence electrons. The zero-order valence-electron chi connectivity index (χ0n) is 9.63. The Bertz CT molecular complexity index is 463. The van der Waals surface area contributed by atoms with Gasteiger partial charge in [0.25, 0.3) is 0 Å². The van der Waals surface area contributed by atoms with Crippen LogP contribution in [-0.4, -0.2) is 26.0 Å². The molecular weight excluding hydrogens is 376 g/mol. The van der Waals surface area contributed by atoms with Crippen molar-refractivity contribution in [3.05, 3.63) is 21.3 Å². The second-order valence-electron chi connectivity index (χ2n) is 3.50. The summed E-state index contributed by atoms with van der Waals surface area (Å²) in [6, 6.07) is 4.95. The molecule has 4 nitrogen and oxygen atoms in total. The molecule has 0 heterocycles. The second kappa shape index (κ2) is 6.81. The summed E-state index contributed by atoms with van der Waals surface area (Å²) in [5, 5.41) is 8.72. The quantitative estimate of drug-likeness (QED) is 0.480. The number of nitrogens with zero attached hydrogens (tertiary/aromatic N) is 1. The highest BCUT2D eigenvalue weighted by atomic mass is 127. The zero-order chi connectivity index (χ0) is 14.5. The Morgan fingerprint density at radius 2 is 2.00 bits per heavy atom. The zero-order valence-corrected chi connectivity index (χ0v) is 11.8. The van der Waals surface area contributed by atoms with Crippen LogP contribution in [0, 0.1) is 14.9 Å². The lowest BCUT2D eigenvalue weighted by Crippen LogP contribution is -2.19. The number of hydrogen-bond acceptors (Lipinski definition) is 4. The van der Waals surface area contributed by atoms with Crippen LogP contribution in [0.25, 0.3) is 0 Å². The van der Waals surface area contributed by atoms with Crippen molar-refractivity contribution in [1.29, 1.82) is 5.26 Å². The van der Waals surface area contributed by atoms with Crippen molar-refractivity contribution in [1.82, 2.24) is 0 Å². The van der Waals surface area contributed by atoms with Gasteiger partial charge in [0.1, 0.15) is 13.2 Å². The maximum atomic E-state index is 11.8. The third-order valence-electron chi connectivity index (χ3n) is 1.94. The first-order valence-electron chi connectivity index (χ1n) is 5.10. The Labute approximate surface area is 121 Å². The Balaban J connectivity index is 2.49. The van der Waals surface area contributed by atoms with E-state index >= 15 is 0 Å². The smallest absolute Gasteiger partial charge is 0.411 e. The minimum absolute atomic E-state index is 0.0534. The molecule has 1 aromatic carbocycles. The van der Waals surface area contributed by atoms with Gasteiger partial charge in [-0.15, -0.1) is 0 Å². The summed E-state index contributed by atoms with van der Waals surface area (Å²) in [5.74, 6) is 0.343. The minimum Gasteiger partial charge on any atom is -0.488 e. The summed E-state index contributed by atoms with van der Waals surface area (Å²) in [5.41, 5.74) is 6.33. The number of halogens is 4. The van der Waals surface area contributed by atoms with Crippen LogP contribution in [0.15, 0.2) is 12.1 Å². The summed E-state index contributed by atoms with van der Waals surface area (Å²) < 4.78 is 45.7. The van der Waals surface area contributed by atoms with Crippen molar-refractivity contribution < 1.29 is 22.6 Å². The van der Waals surface area contributed by atoms with Gasteiger partial charge < -0.3 is 15.2 Å². The predicted octanol–water partition coefficient (Wildman–Crippen LogP) is 2.70. The van der Waals surface area contributed by atoms with E-state index in [1.165, 1.54) is 6.07 Å². The number of anilines is 1. The summed E-state index contributed by atoms with van der Waals surface area (Å²) in [6.07, 6.45) is -4.35. The monoisotopic (exact) mass is 386 g/mol. The topological polar surface area (TPSA) is 68.3 Å². The largest absolute Gasteiger partial charge is 0.488 e. The molecular formula is C11H10F3IN2O2. The van der Waals surface area contributed by atoms with Crippen LogP contribution < -0.4 is 10.5 Å². The van der Waals surface area contributed by atoms with Gasteiger partial charge in [0.05, 0.1) is 27.5 Å². The fraction of sp³-hybridized carbons (Fsp3) is 0.364. The number of ether oxygens (including phenoxy) is 2. The van der Waals surface area contributed by atoms with E-state index in [2.05, 4.69) is 4.74 Å². The van der Waals surface area contributed by atoms with Gasteiger partial charge in [-0.1, -0.05) is 0 Å². The number of rotatable bonds is 5. The molecule has 0 aliphatic rings. The summed E-state index contributed by atoms with van der Waals surface area (Å²) in [4.78, 5) is 0. The van der Waals surface area contributed by atoms with Crippen molar-refractivity contribution in [2.75, 3.05) is 25.6 Å². The van der Waals surface area contributed by atoms with Gasteiger partial charge in [-0.3, -0.25) is 0 Å². The van der Waals surface area contributed by atoms with Crippen LogP contribution in [0.2, 0.25) is 0 Å². The molecule has 0 saturated carbocycles. The highest BCUT2D eigenvalue weighted by Crippen LogP contribution is 2.29. The maximum Gasteiger partial charge on any atom is 0.411 e. The SMILES string of the molecule is N#Cc1cc(N)c(OCCOCC(F)(F)F)c(I)c1. The van der Waals surface area contributed by atoms with Crippen LogP contribution in [0.1, 0.15) is 5.56 Å². The minimum atomic E-state index is -4.35. The molecule has 0 radical (unpaired) electrons. The van der Waals surface area contributed by atoms with E-state index in [1.54, 1.807) is 6.07 Å². The van der Waals surface area contributed by atoms with E-state index in [9.17, 15) is 13.2 Å². The summed E-state index contributed by atoms with van der Waals surface area (Å²) >= 11 is 1.93. The average molecular weight is 386 g/mol. The van der Waals surface area contributed by atoms with Gasteiger partial charge >= 0.3 is 6.18 Å². The number of nitriles is 1. The number of nitrogen functional groups attached to an aromatic ring is 1. The molecule has 0 amide bonds. The lowest BCUT2D eigenvalue weighted by molar-refractivity contribution is -0.175. The molecule has 1 aromatic rings. The van der Waals surface area contributed by atoms with Crippen molar-refractivity contribution in [2.24, 2.45) is 0 Å². The highest BCUT2D eigenvalue weighted by Gasteiger charge is 2.27. The number of benzene rings is 1. The van der Waals surface area contributed by atoms with Crippen molar-refractivity contribution in [2.45, 2.75) is 6.18 Å². The van der Waals surface area contributed by atoms with Crippen LogP contribution in [-0.2, 0) is 4.74 Å². The normalized spacial score (nSPS) is 11.1. The van der Waals surface area contributed by atoms with Crippen molar-refractivity contribution >= 4 is 28.3 Å². The number of hydrogen-bond donors (Lipinski definition) is 1. The lowest BCUT2D eigenvalue weighted by Gasteiger charge is -2.12. The van der Waals surface area contributed by atoms with Crippen LogP contribution in [0.4, 0.5) is 18.9 Å². The third kappa shape index (κ3) is 5.52. The lowest BCUT2D eigenvalue weighted by atomic mass is 10.2. The first-order chi connectivity index (χ1) is 8.83. The molecule has 0 bridgehead atoms. The number of alkyl halides is 3. The molecule has 0 unspecified atom stereocenters. The predicted molar refractivity (Wildman–Crippen MR) is 70.7 cm³/mol. The Morgan fingerprint density at radius 1 is 1.32 bits per heavy atom. The molecule has 0 aromatic heterocycles. The van der Waals surface area contributed by atoms with Gasteiger partial charge in [-0.05, 0) is 34.7 Å². The van der Waals surface area contributed by atoms with E-state index < -0.39 is 12.8 Å². The van der Waals surface area contributed by atoms with Gasteiger partial charge in [-0.25, -0.2) is 0 Å². The van der Waals surface area contributed by atoms with Crippen molar-refractivity contribution in [3.8, 4) is 11.8 Å². The molecule has 0 saturated heterocycles. The van der Waals surface area contributed by atoms with Crippen LogP contribution in [0.3, 0.4) is 0 Å². The fourth-order valence-corrected chi connectivity index (χ4v) is 2.02. The maximum absolute atomic E-state index is 11.8. The molecule has 0 fully saturated rings. The van der Waals surface area contributed by atoms with E-state index in [-0.39, 0.29) is 18.9 Å². The standard InChI is InChI=1S/C11H10F3IN2O2/c12-11(13,14)6-18-1-2-19-10-8(15)3-7(5-16)4-9(10)17/h3-4H,1-2,6,17H2. The molecule has 19 heavy (non-hydrogen) atoms. The van der Waals surface area contributed by atoms with E-state index in [0.717, 1.165) is 0 Å². The van der Waals surface area contributed by atoms with Gasteiger partial charge in [0, 0.05) is 0 Å². The average Bonchev–Trinajstić information content (AvgIpc) is 2.30. The van der Waals surface area contributed by atoms with Gasteiger partial charge in [0.2, 0.25) is 0 Å². The Morgan fingerprint density at radius 3 is 2.53 bits per heavy atom. The first kappa shape index (κ1) is 15.8. The summed E-state index contributed by atoms with van der Waals surface area (Å²) in [7, 11) is 0. The van der Waals surface area contributed by atoms with Gasteiger partial charge in [-0.2, -0.15) is 18.4 Å². The molecule has 0 aliphatic carbocycles. The summed E-state index contributed by atoms with van der Waals surface area (Å²) in [6.45, 7) is -1.56. The van der Waals surface area contributed by atoms with Crippen LogP contribution >= 0.6 is 22.6 Å². The fourth-order valence-electron chi connectivity index (χ4n) is 1.22. The van der Waals surface area contributed by atoms with Gasteiger partial charge in [0.15, 0.2) is 5.75 Å². The molecule has 2 N–H and O–H groups in total. The molecule has 0 aliphatic heterocycles. The van der Waals surface area contributed by atoms with E-state index in [0.29, 0.717) is 14.9 Å². The third-order valence-corrected chi connectivity index (χ3v) is 2.74. The Kier molecular flexibility index (Phi) is 5.68. The second-order valence-corrected chi connectivity index (χ2v) is 4.67. The van der Waals surface area contributed by atoms with E-state index in [4.69, 9.17) is 15.7 Å². The van der Waals surface area contributed by atoms with E-state index in [1.807, 2.05) is 28.7 Å². The molecule has 0 atom stereocenters. The first-order valence-corrected chi connectivity index (χ1v) is 6.18. The van der Waals surface area contributed by atoms with Crippen molar-refractivity contribution in [3.63, 3.8) is 0 Å². The number of nitrogens with two attached hydrogens (primary N) is 1. The molecule has 1 rings (SSSR count). The highest BCUT2D eigenvalue weighted by molar-refractivity contribution is 14.1. The Hall–Kier alpha value is -1.21. The van der Waals surface area contributed by atoms with Crippen LogP contribution in [0.5, 0.6) is 5.75 Å². The molecule has 8 heteroatoms.